The fraction of sp³-hybridized carbons (Fsp3) is 0. The molecule has 0 aromatic heterocycles. The molecule has 0 unspecified atom stereocenters. The molecule has 0 N–H and O–H groups in total. The van der Waals surface area contributed by atoms with Gasteiger partial charge in [-0.25, -0.2) is 8.78 Å². The zero-order valence-corrected chi connectivity index (χ0v) is 15.2. The maximum Gasteiger partial charge on any atom is 0.156 e. The first-order chi connectivity index (χ1) is 10.3. The molecule has 2 aromatic carbocycles. The Balaban J connectivity index is 0.000000220. The van der Waals surface area contributed by atoms with Gasteiger partial charge in [0.15, 0.2) is 12.1 Å². The Morgan fingerprint density at radius 3 is 1.91 bits per heavy atom. The summed E-state index contributed by atoms with van der Waals surface area (Å²) in [6.07, 6.45) is 0.391. The third-order valence-electron chi connectivity index (χ3n) is 2.35. The van der Waals surface area contributed by atoms with E-state index in [0.717, 1.165) is 0 Å². The first-order valence-corrected chi connectivity index (χ1v) is 7.80. The molecule has 0 saturated carbocycles. The average Bonchev–Trinajstić information content (AvgIpc) is 2.49. The zero-order valence-electron chi connectivity index (χ0n) is 10.5. The van der Waals surface area contributed by atoms with Gasteiger partial charge in [0.2, 0.25) is 0 Å². The van der Waals surface area contributed by atoms with Gasteiger partial charge in [-0.1, -0.05) is 23.2 Å². The molecule has 0 saturated heterocycles. The highest BCUT2D eigenvalue weighted by molar-refractivity contribution is 9.10. The van der Waals surface area contributed by atoms with Crippen LogP contribution in [0.15, 0.2) is 33.2 Å². The van der Waals surface area contributed by atoms with Crippen molar-refractivity contribution in [1.29, 1.82) is 5.26 Å². The van der Waals surface area contributed by atoms with Crippen molar-refractivity contribution in [2.45, 2.75) is 0 Å². The molecule has 0 atom stereocenters. The summed E-state index contributed by atoms with van der Waals surface area (Å²) < 4.78 is 26.3. The summed E-state index contributed by atoms with van der Waals surface area (Å²) >= 11 is 16.9. The summed E-state index contributed by atoms with van der Waals surface area (Å²) in [5.41, 5.74) is -0.234. The smallest absolute Gasteiger partial charge is 0.156 e. The van der Waals surface area contributed by atoms with Crippen LogP contribution in [0.5, 0.6) is 0 Å². The van der Waals surface area contributed by atoms with Crippen molar-refractivity contribution in [2.24, 2.45) is 0 Å². The van der Waals surface area contributed by atoms with Crippen LogP contribution in [-0.2, 0) is 0 Å². The molecule has 2 rings (SSSR count). The topological polar surface area (TPSA) is 40.9 Å². The van der Waals surface area contributed by atoms with Crippen molar-refractivity contribution < 1.29 is 13.6 Å². The Morgan fingerprint density at radius 1 is 1.00 bits per heavy atom. The standard InChI is InChI=1S/C7H2BrClFN.C7H3BrClFO/c2*8-5-1-2-6(9)4(3-11)7(5)10/h1-2H;1-3H. The van der Waals surface area contributed by atoms with Gasteiger partial charge in [0.25, 0.3) is 0 Å². The molecule has 114 valence electrons. The van der Waals surface area contributed by atoms with Crippen molar-refractivity contribution >= 4 is 61.3 Å². The molecule has 0 radical (unpaired) electrons. The lowest BCUT2D eigenvalue weighted by Crippen LogP contribution is -1.89. The van der Waals surface area contributed by atoms with Crippen molar-refractivity contribution in [1.82, 2.24) is 0 Å². The van der Waals surface area contributed by atoms with Crippen molar-refractivity contribution in [3.05, 3.63) is 66.0 Å². The fourth-order valence-electron chi connectivity index (χ4n) is 1.28. The summed E-state index contributed by atoms with van der Waals surface area (Å²) in [7, 11) is 0. The monoisotopic (exact) mass is 469 g/mol. The highest BCUT2D eigenvalue weighted by atomic mass is 79.9. The van der Waals surface area contributed by atoms with Crippen LogP contribution in [0.25, 0.3) is 0 Å². The van der Waals surface area contributed by atoms with E-state index in [1.807, 2.05) is 0 Å². The van der Waals surface area contributed by atoms with E-state index in [1.165, 1.54) is 24.3 Å². The zero-order chi connectivity index (χ0) is 16.9. The minimum Gasteiger partial charge on any atom is -0.298 e. The second-order valence-electron chi connectivity index (χ2n) is 3.70. The number of halogens is 6. The quantitative estimate of drug-likeness (QED) is 0.369. The predicted octanol–water partition coefficient (Wildman–Crippen LogP) is 6.17. The van der Waals surface area contributed by atoms with Crippen LogP contribution in [0.2, 0.25) is 10.0 Å². The number of aldehydes is 1. The second kappa shape index (κ2) is 8.59. The van der Waals surface area contributed by atoms with Gasteiger partial charge in [0.05, 0.1) is 24.6 Å². The van der Waals surface area contributed by atoms with Gasteiger partial charge in [-0.15, -0.1) is 0 Å². The molecule has 0 heterocycles. The minimum absolute atomic E-state index is 0.110. The van der Waals surface area contributed by atoms with Crippen LogP contribution in [0.3, 0.4) is 0 Å². The first-order valence-electron chi connectivity index (χ1n) is 5.45. The number of carbonyl (C=O) groups is 1. The van der Waals surface area contributed by atoms with Crippen LogP contribution in [-0.4, -0.2) is 6.29 Å². The Bertz CT molecular complexity index is 763. The molecule has 0 aliphatic rings. The number of hydrogen-bond donors (Lipinski definition) is 0. The summed E-state index contributed by atoms with van der Waals surface area (Å²) in [6.45, 7) is 0. The molecule has 2 aromatic rings. The van der Waals surface area contributed by atoms with Crippen molar-refractivity contribution in [3.8, 4) is 6.07 Å². The van der Waals surface area contributed by atoms with Gasteiger partial charge >= 0.3 is 0 Å². The Hall–Kier alpha value is -1.000. The fourth-order valence-corrected chi connectivity index (χ4v) is 2.34. The van der Waals surface area contributed by atoms with Gasteiger partial charge in [0, 0.05) is 0 Å². The second-order valence-corrected chi connectivity index (χ2v) is 6.23. The molecule has 22 heavy (non-hydrogen) atoms. The maximum absolute atomic E-state index is 12.9. The minimum atomic E-state index is -0.618. The molecule has 2 nitrogen and oxygen atoms in total. The Kier molecular flexibility index (Phi) is 7.43. The molecule has 0 aliphatic heterocycles. The molecular formula is C14H5Br2Cl2F2NO. The van der Waals surface area contributed by atoms with Crippen molar-refractivity contribution in [3.63, 3.8) is 0 Å². The Morgan fingerprint density at radius 2 is 1.50 bits per heavy atom. The number of nitriles is 1. The maximum atomic E-state index is 12.9. The van der Waals surface area contributed by atoms with Gasteiger partial charge in [-0.3, -0.25) is 4.79 Å². The predicted molar refractivity (Wildman–Crippen MR) is 88.3 cm³/mol. The van der Waals surface area contributed by atoms with Gasteiger partial charge in [0.1, 0.15) is 17.4 Å². The van der Waals surface area contributed by atoms with Crippen molar-refractivity contribution in [2.75, 3.05) is 0 Å². The molecule has 0 aliphatic carbocycles. The number of nitrogens with zero attached hydrogens (tertiary/aromatic N) is 1. The molecular weight excluding hydrogens is 467 g/mol. The highest BCUT2D eigenvalue weighted by Gasteiger charge is 2.09. The lowest BCUT2D eigenvalue weighted by molar-refractivity contribution is 0.112. The Labute approximate surface area is 151 Å². The van der Waals surface area contributed by atoms with E-state index in [-0.39, 0.29) is 30.1 Å². The molecule has 0 fully saturated rings. The third-order valence-corrected chi connectivity index (χ3v) is 4.22. The molecule has 0 bridgehead atoms. The first kappa shape index (κ1) is 19.0. The summed E-state index contributed by atoms with van der Waals surface area (Å²) in [5.74, 6) is -1.23. The van der Waals surface area contributed by atoms with E-state index in [1.54, 1.807) is 6.07 Å². The van der Waals surface area contributed by atoms with Gasteiger partial charge < -0.3 is 0 Å². The van der Waals surface area contributed by atoms with Gasteiger partial charge in [-0.2, -0.15) is 5.26 Å². The number of benzene rings is 2. The van der Waals surface area contributed by atoms with Crippen LogP contribution >= 0.6 is 55.1 Å². The van der Waals surface area contributed by atoms with Crippen LogP contribution in [0.1, 0.15) is 15.9 Å². The van der Waals surface area contributed by atoms with E-state index in [0.29, 0.717) is 6.29 Å². The summed E-state index contributed by atoms with van der Waals surface area (Å²) in [4.78, 5) is 10.3. The highest BCUT2D eigenvalue weighted by Crippen LogP contribution is 2.25. The SMILES string of the molecule is N#Cc1c(Cl)ccc(Br)c1F.O=Cc1c(Cl)ccc(Br)c1F. The molecule has 8 heteroatoms. The summed E-state index contributed by atoms with van der Waals surface area (Å²) in [5, 5.41) is 8.69. The van der Waals surface area contributed by atoms with Crippen LogP contribution < -0.4 is 0 Å². The van der Waals surface area contributed by atoms with Crippen LogP contribution in [0.4, 0.5) is 8.78 Å². The average molecular weight is 472 g/mol. The van der Waals surface area contributed by atoms with E-state index < -0.39 is 11.6 Å². The summed E-state index contributed by atoms with van der Waals surface area (Å²) in [6, 6.07) is 7.50. The van der Waals surface area contributed by atoms with Gasteiger partial charge in [-0.05, 0) is 56.1 Å². The molecule has 0 spiro atoms. The van der Waals surface area contributed by atoms with Crippen LogP contribution in [0, 0.1) is 23.0 Å². The number of carbonyl (C=O) groups excluding carboxylic acids is 1. The van der Waals surface area contributed by atoms with E-state index in [2.05, 4.69) is 31.9 Å². The normalized spacial score (nSPS) is 9.50. The lowest BCUT2D eigenvalue weighted by Gasteiger charge is -1.98. The third kappa shape index (κ3) is 4.50. The van der Waals surface area contributed by atoms with E-state index in [4.69, 9.17) is 28.5 Å². The number of hydrogen-bond acceptors (Lipinski definition) is 2. The largest absolute Gasteiger partial charge is 0.298 e. The number of rotatable bonds is 1. The lowest BCUT2D eigenvalue weighted by atomic mass is 10.2. The van der Waals surface area contributed by atoms with E-state index in [9.17, 15) is 13.6 Å². The van der Waals surface area contributed by atoms with E-state index >= 15 is 0 Å². The molecule has 0 amide bonds.